The molecule has 5 nitrogen and oxygen atoms in total. The molecule has 0 spiro atoms. The summed E-state index contributed by atoms with van der Waals surface area (Å²) < 4.78 is 14.2. The van der Waals surface area contributed by atoms with E-state index in [0.717, 1.165) is 19.4 Å². The topological polar surface area (TPSA) is 61.4 Å². The lowest BCUT2D eigenvalue weighted by atomic mass is 9.96. The van der Waals surface area contributed by atoms with Gasteiger partial charge in [0, 0.05) is 25.1 Å². The minimum absolute atomic E-state index is 0. The molecule has 146 valence electrons. The van der Waals surface area contributed by atoms with E-state index < -0.39 is 5.82 Å². The van der Waals surface area contributed by atoms with Crippen LogP contribution in [0.25, 0.3) is 0 Å². The third-order valence-corrected chi connectivity index (χ3v) is 4.48. The van der Waals surface area contributed by atoms with E-state index in [4.69, 9.17) is 0 Å². The van der Waals surface area contributed by atoms with Crippen molar-refractivity contribution in [3.05, 3.63) is 29.6 Å². The summed E-state index contributed by atoms with van der Waals surface area (Å²) >= 11 is 0. The van der Waals surface area contributed by atoms with Crippen molar-refractivity contribution in [2.45, 2.75) is 33.1 Å². The Kier molecular flexibility index (Phi) is 9.02. The maximum Gasteiger partial charge on any atom is 0.253 e. The Labute approximate surface area is 161 Å². The Morgan fingerprint density at radius 2 is 1.92 bits per heavy atom. The first-order chi connectivity index (χ1) is 11.9. The molecule has 0 aliphatic carbocycles. The zero-order valence-electron chi connectivity index (χ0n) is 15.7. The van der Waals surface area contributed by atoms with Gasteiger partial charge in [-0.15, -0.1) is 12.4 Å². The summed E-state index contributed by atoms with van der Waals surface area (Å²) in [6.07, 6.45) is 2.25. The summed E-state index contributed by atoms with van der Waals surface area (Å²) in [4.78, 5) is 26.1. The molecule has 0 radical (unpaired) electrons. The van der Waals surface area contributed by atoms with E-state index in [1.807, 2.05) is 20.9 Å². The Morgan fingerprint density at radius 3 is 2.46 bits per heavy atom. The van der Waals surface area contributed by atoms with E-state index in [9.17, 15) is 14.0 Å². The predicted molar refractivity (Wildman–Crippen MR) is 104 cm³/mol. The van der Waals surface area contributed by atoms with Gasteiger partial charge in [-0.3, -0.25) is 9.59 Å². The number of piperidine rings is 1. The van der Waals surface area contributed by atoms with Crippen LogP contribution in [0.3, 0.4) is 0 Å². The first-order valence-electron chi connectivity index (χ1n) is 8.94. The van der Waals surface area contributed by atoms with Crippen LogP contribution in [0.4, 0.5) is 10.1 Å². The number of carbonyl (C=O) groups excluding carboxylic acids is 2. The average Bonchev–Trinajstić information content (AvgIpc) is 2.56. The van der Waals surface area contributed by atoms with Crippen molar-refractivity contribution in [3.63, 3.8) is 0 Å². The van der Waals surface area contributed by atoms with Crippen molar-refractivity contribution in [3.8, 4) is 0 Å². The molecule has 0 saturated carbocycles. The molecule has 0 unspecified atom stereocenters. The minimum Gasteiger partial charge on any atom is -0.339 e. The SMILES string of the molecule is CNCC1CCN(C(=O)c2ccc(NC(=O)CC(C)C)c(F)c2)CC1.Cl. The fourth-order valence-electron chi connectivity index (χ4n) is 3.13. The van der Waals surface area contributed by atoms with Crippen molar-refractivity contribution < 1.29 is 14.0 Å². The van der Waals surface area contributed by atoms with E-state index in [2.05, 4.69) is 10.6 Å². The number of carbonyl (C=O) groups is 2. The Hall–Kier alpha value is -1.66. The van der Waals surface area contributed by atoms with Gasteiger partial charge in [-0.05, 0) is 56.5 Å². The van der Waals surface area contributed by atoms with Gasteiger partial charge in [0.25, 0.3) is 5.91 Å². The second-order valence-electron chi connectivity index (χ2n) is 7.13. The third kappa shape index (κ3) is 6.25. The fourth-order valence-corrected chi connectivity index (χ4v) is 3.13. The van der Waals surface area contributed by atoms with Gasteiger partial charge in [0.05, 0.1) is 5.69 Å². The van der Waals surface area contributed by atoms with Crippen molar-refractivity contribution in [2.24, 2.45) is 11.8 Å². The maximum absolute atomic E-state index is 14.2. The molecule has 1 aromatic rings. The van der Waals surface area contributed by atoms with E-state index in [-0.39, 0.29) is 35.8 Å². The van der Waals surface area contributed by atoms with Crippen LogP contribution in [0.2, 0.25) is 0 Å². The molecular formula is C19H29ClFN3O2. The quantitative estimate of drug-likeness (QED) is 0.789. The molecular weight excluding hydrogens is 357 g/mol. The molecule has 1 fully saturated rings. The number of rotatable bonds is 6. The summed E-state index contributed by atoms with van der Waals surface area (Å²) in [6.45, 7) is 6.20. The van der Waals surface area contributed by atoms with Crippen molar-refractivity contribution in [2.75, 3.05) is 32.0 Å². The van der Waals surface area contributed by atoms with Crippen LogP contribution >= 0.6 is 12.4 Å². The third-order valence-electron chi connectivity index (χ3n) is 4.48. The smallest absolute Gasteiger partial charge is 0.253 e. The first kappa shape index (κ1) is 22.4. The predicted octanol–water partition coefficient (Wildman–Crippen LogP) is 3.30. The van der Waals surface area contributed by atoms with Crippen LogP contribution in [-0.2, 0) is 4.79 Å². The lowest BCUT2D eigenvalue weighted by molar-refractivity contribution is -0.116. The van der Waals surface area contributed by atoms with Gasteiger partial charge in [-0.1, -0.05) is 13.8 Å². The van der Waals surface area contributed by atoms with Crippen molar-refractivity contribution >= 4 is 29.9 Å². The number of likely N-dealkylation sites (tertiary alicyclic amines) is 1. The van der Waals surface area contributed by atoms with Gasteiger partial charge in [0.2, 0.25) is 5.91 Å². The highest BCUT2D eigenvalue weighted by atomic mass is 35.5. The summed E-state index contributed by atoms with van der Waals surface area (Å²) in [7, 11) is 1.93. The molecule has 1 aliphatic heterocycles. The number of nitrogens with zero attached hydrogens (tertiary/aromatic N) is 1. The maximum atomic E-state index is 14.2. The second kappa shape index (κ2) is 10.5. The van der Waals surface area contributed by atoms with E-state index in [1.54, 1.807) is 11.0 Å². The molecule has 2 N–H and O–H groups in total. The molecule has 0 atom stereocenters. The molecule has 2 amide bonds. The number of amides is 2. The molecule has 0 aromatic heterocycles. The van der Waals surface area contributed by atoms with Gasteiger partial charge in [0.1, 0.15) is 5.82 Å². The van der Waals surface area contributed by atoms with Gasteiger partial charge < -0.3 is 15.5 Å². The van der Waals surface area contributed by atoms with Crippen molar-refractivity contribution in [1.29, 1.82) is 0 Å². The Bertz CT molecular complexity index is 617. The van der Waals surface area contributed by atoms with Crippen LogP contribution in [-0.4, -0.2) is 43.4 Å². The number of anilines is 1. The molecule has 1 saturated heterocycles. The fraction of sp³-hybridized carbons (Fsp3) is 0.579. The van der Waals surface area contributed by atoms with Gasteiger partial charge >= 0.3 is 0 Å². The van der Waals surface area contributed by atoms with E-state index in [0.29, 0.717) is 31.0 Å². The normalized spacial score (nSPS) is 14.9. The summed E-state index contributed by atoms with van der Waals surface area (Å²) in [5, 5.41) is 5.73. The zero-order chi connectivity index (χ0) is 18.4. The molecule has 1 aromatic carbocycles. The summed E-state index contributed by atoms with van der Waals surface area (Å²) in [5.41, 5.74) is 0.446. The monoisotopic (exact) mass is 385 g/mol. The molecule has 1 aliphatic rings. The number of benzene rings is 1. The number of hydrogen-bond donors (Lipinski definition) is 2. The van der Waals surface area contributed by atoms with Gasteiger partial charge in [0.15, 0.2) is 0 Å². The minimum atomic E-state index is -0.576. The van der Waals surface area contributed by atoms with E-state index >= 15 is 0 Å². The molecule has 26 heavy (non-hydrogen) atoms. The lowest BCUT2D eigenvalue weighted by Gasteiger charge is -2.32. The number of hydrogen-bond acceptors (Lipinski definition) is 3. The van der Waals surface area contributed by atoms with Gasteiger partial charge in [-0.25, -0.2) is 4.39 Å². The first-order valence-corrected chi connectivity index (χ1v) is 8.94. The number of halogens is 2. The van der Waals surface area contributed by atoms with Crippen LogP contribution < -0.4 is 10.6 Å². The lowest BCUT2D eigenvalue weighted by Crippen LogP contribution is -2.40. The van der Waals surface area contributed by atoms with Crippen LogP contribution in [0, 0.1) is 17.7 Å². The van der Waals surface area contributed by atoms with Gasteiger partial charge in [-0.2, -0.15) is 0 Å². The molecule has 1 heterocycles. The summed E-state index contributed by atoms with van der Waals surface area (Å²) in [5.74, 6) is -0.159. The Balaban J connectivity index is 0.00000338. The summed E-state index contributed by atoms with van der Waals surface area (Å²) in [6, 6.07) is 4.26. The Morgan fingerprint density at radius 1 is 1.27 bits per heavy atom. The van der Waals surface area contributed by atoms with Crippen LogP contribution in [0.5, 0.6) is 0 Å². The highest BCUT2D eigenvalue weighted by molar-refractivity contribution is 5.96. The molecule has 2 rings (SSSR count). The van der Waals surface area contributed by atoms with Crippen LogP contribution in [0.1, 0.15) is 43.5 Å². The molecule has 7 heteroatoms. The highest BCUT2D eigenvalue weighted by Crippen LogP contribution is 2.21. The second-order valence-corrected chi connectivity index (χ2v) is 7.13. The van der Waals surface area contributed by atoms with Crippen LogP contribution in [0.15, 0.2) is 18.2 Å². The van der Waals surface area contributed by atoms with E-state index in [1.165, 1.54) is 12.1 Å². The average molecular weight is 386 g/mol. The highest BCUT2D eigenvalue weighted by Gasteiger charge is 2.24. The number of nitrogens with one attached hydrogen (secondary N) is 2. The van der Waals surface area contributed by atoms with Crippen molar-refractivity contribution in [1.82, 2.24) is 10.2 Å². The largest absolute Gasteiger partial charge is 0.339 e. The molecule has 0 bridgehead atoms. The standard InChI is InChI=1S/C19H28FN3O2.ClH/c1-13(2)10-18(24)22-17-5-4-15(11-16(17)20)19(25)23-8-6-14(7-9-23)12-21-3;/h4-5,11,13-14,21H,6-10,12H2,1-3H3,(H,22,24);1H. The zero-order valence-corrected chi connectivity index (χ0v) is 16.5.